The number of hydrogen-bond donors (Lipinski definition) is 1. The summed E-state index contributed by atoms with van der Waals surface area (Å²) >= 11 is 0. The lowest BCUT2D eigenvalue weighted by Crippen LogP contribution is -2.16. The van der Waals surface area contributed by atoms with Crippen molar-refractivity contribution >= 4 is 11.6 Å². The molecule has 1 unspecified atom stereocenters. The lowest BCUT2D eigenvalue weighted by Gasteiger charge is -2.14. The number of halogens is 2. The number of methoxy groups -OCH3 is 1. The molecule has 3 aromatic carbocycles. The Morgan fingerprint density at radius 3 is 2.44 bits per heavy atom. The van der Waals surface area contributed by atoms with Gasteiger partial charge in [-0.05, 0) is 73.0 Å². The lowest BCUT2D eigenvalue weighted by molar-refractivity contribution is -0.0494. The van der Waals surface area contributed by atoms with Gasteiger partial charge in [-0.1, -0.05) is 12.1 Å². The zero-order chi connectivity index (χ0) is 23.9. The van der Waals surface area contributed by atoms with Crippen molar-refractivity contribution in [2.24, 2.45) is 0 Å². The molecule has 0 spiro atoms. The maximum Gasteiger partial charge on any atom is 0.387 e. The molecule has 6 nitrogen and oxygen atoms in total. The molecule has 0 bridgehead atoms. The summed E-state index contributed by atoms with van der Waals surface area (Å²) in [6.45, 7) is -1.73. The van der Waals surface area contributed by atoms with Gasteiger partial charge in [0.15, 0.2) is 0 Å². The van der Waals surface area contributed by atoms with E-state index in [1.807, 2.05) is 0 Å². The van der Waals surface area contributed by atoms with Crippen molar-refractivity contribution in [3.05, 3.63) is 72.3 Å². The number of carbonyl (C=O) groups excluding carboxylic acids is 1. The highest BCUT2D eigenvalue weighted by Crippen LogP contribution is 2.34. The summed E-state index contributed by atoms with van der Waals surface area (Å²) in [6.07, 6.45) is 2.14. The van der Waals surface area contributed by atoms with Crippen LogP contribution in [0.5, 0.6) is 17.2 Å². The van der Waals surface area contributed by atoms with E-state index in [2.05, 4.69) is 10.1 Å². The number of alkyl halides is 2. The van der Waals surface area contributed by atoms with Crippen molar-refractivity contribution in [3.63, 3.8) is 0 Å². The van der Waals surface area contributed by atoms with Gasteiger partial charge in [-0.15, -0.1) is 0 Å². The highest BCUT2D eigenvalue weighted by atomic mass is 19.3. The maximum atomic E-state index is 12.9. The van der Waals surface area contributed by atoms with Crippen molar-refractivity contribution < 1.29 is 32.5 Å². The summed E-state index contributed by atoms with van der Waals surface area (Å²) in [5, 5.41) is 2.80. The number of ether oxygens (including phenoxy) is 4. The molecule has 1 saturated heterocycles. The van der Waals surface area contributed by atoms with Crippen molar-refractivity contribution in [2.45, 2.75) is 25.6 Å². The molecule has 0 aliphatic carbocycles. The van der Waals surface area contributed by atoms with E-state index in [0.717, 1.165) is 19.4 Å². The Morgan fingerprint density at radius 1 is 1.06 bits per heavy atom. The molecule has 0 saturated carbocycles. The molecule has 34 heavy (non-hydrogen) atoms. The fourth-order valence-electron chi connectivity index (χ4n) is 3.67. The van der Waals surface area contributed by atoms with E-state index < -0.39 is 6.61 Å². The third-order valence-electron chi connectivity index (χ3n) is 5.43. The zero-order valence-electron chi connectivity index (χ0n) is 18.6. The molecule has 1 atom stereocenters. The molecule has 1 aliphatic heterocycles. The van der Waals surface area contributed by atoms with E-state index in [-0.39, 0.29) is 17.8 Å². The summed E-state index contributed by atoms with van der Waals surface area (Å²) in [6, 6.07) is 18.2. The number of amides is 1. The molecule has 8 heteroatoms. The number of rotatable bonds is 9. The predicted octanol–water partition coefficient (Wildman–Crippen LogP) is 5.77. The number of carbonyl (C=O) groups is 1. The third kappa shape index (κ3) is 6.02. The quantitative estimate of drug-likeness (QED) is 0.431. The van der Waals surface area contributed by atoms with Gasteiger partial charge >= 0.3 is 6.61 Å². The lowest BCUT2D eigenvalue weighted by atomic mass is 10.0. The van der Waals surface area contributed by atoms with Crippen LogP contribution in [0, 0.1) is 0 Å². The number of nitrogens with one attached hydrogen (secondary N) is 1. The minimum atomic E-state index is -2.97. The highest BCUT2D eigenvalue weighted by molar-refractivity contribution is 6.04. The highest BCUT2D eigenvalue weighted by Gasteiger charge is 2.17. The summed E-state index contributed by atoms with van der Waals surface area (Å²) in [5.41, 5.74) is 1.93. The summed E-state index contributed by atoms with van der Waals surface area (Å²) in [7, 11) is 1.54. The Balaban J connectivity index is 1.47. The summed E-state index contributed by atoms with van der Waals surface area (Å²) < 4.78 is 46.9. The molecule has 4 rings (SSSR count). The normalized spacial score (nSPS) is 15.2. The first-order valence-corrected chi connectivity index (χ1v) is 10.9. The topological polar surface area (TPSA) is 66.0 Å². The Labute approximate surface area is 196 Å². The van der Waals surface area contributed by atoms with Gasteiger partial charge in [-0.25, -0.2) is 0 Å². The van der Waals surface area contributed by atoms with Crippen molar-refractivity contribution in [1.29, 1.82) is 0 Å². The number of anilines is 1. The van der Waals surface area contributed by atoms with Gasteiger partial charge in [-0.3, -0.25) is 4.79 Å². The van der Waals surface area contributed by atoms with Crippen LogP contribution in [0.4, 0.5) is 14.5 Å². The average Bonchev–Trinajstić information content (AvgIpc) is 3.37. The van der Waals surface area contributed by atoms with Gasteiger partial charge in [-0.2, -0.15) is 8.78 Å². The second kappa shape index (κ2) is 11.0. The molecule has 0 radical (unpaired) electrons. The average molecular weight is 469 g/mol. The molecule has 1 amide bonds. The second-order valence-corrected chi connectivity index (χ2v) is 7.74. The molecule has 0 aromatic heterocycles. The predicted molar refractivity (Wildman–Crippen MR) is 124 cm³/mol. The van der Waals surface area contributed by atoms with E-state index in [4.69, 9.17) is 14.2 Å². The van der Waals surface area contributed by atoms with Gasteiger partial charge < -0.3 is 24.3 Å². The first-order valence-electron chi connectivity index (χ1n) is 10.9. The monoisotopic (exact) mass is 469 g/mol. The largest absolute Gasteiger partial charge is 0.497 e. The Kier molecular flexibility index (Phi) is 7.59. The van der Waals surface area contributed by atoms with E-state index >= 15 is 0 Å². The first-order chi connectivity index (χ1) is 16.5. The van der Waals surface area contributed by atoms with Gasteiger partial charge in [0.1, 0.15) is 23.9 Å². The van der Waals surface area contributed by atoms with E-state index in [1.165, 1.54) is 12.1 Å². The zero-order valence-corrected chi connectivity index (χ0v) is 18.6. The van der Waals surface area contributed by atoms with Crippen LogP contribution < -0.4 is 19.5 Å². The van der Waals surface area contributed by atoms with Crippen molar-refractivity contribution in [3.8, 4) is 28.4 Å². The van der Waals surface area contributed by atoms with Gasteiger partial charge in [0.2, 0.25) is 0 Å². The van der Waals surface area contributed by atoms with Crippen LogP contribution in [0.2, 0.25) is 0 Å². The summed E-state index contributed by atoms with van der Waals surface area (Å²) in [4.78, 5) is 12.7. The number of hydrogen-bond acceptors (Lipinski definition) is 5. The molecule has 1 fully saturated rings. The molecule has 1 heterocycles. The first kappa shape index (κ1) is 23.5. The standard InChI is InChI=1S/C26H25F2NO5/c1-31-20-9-4-17(5-10-20)23-15-19(8-13-24(23)34-26(27)28)29-25(30)18-6-11-21(12-7-18)33-16-22-3-2-14-32-22/h4-13,15,22,26H,2-3,14,16H2,1H3,(H,29,30). The van der Waals surface area contributed by atoms with Gasteiger partial charge in [0.25, 0.3) is 5.91 Å². The van der Waals surface area contributed by atoms with Crippen LogP contribution in [0.25, 0.3) is 11.1 Å². The molecule has 178 valence electrons. The van der Waals surface area contributed by atoms with Crippen LogP contribution in [0.15, 0.2) is 66.7 Å². The van der Waals surface area contributed by atoms with Crippen LogP contribution in [-0.4, -0.2) is 38.9 Å². The third-order valence-corrected chi connectivity index (χ3v) is 5.43. The van der Waals surface area contributed by atoms with E-state index in [0.29, 0.717) is 40.5 Å². The van der Waals surface area contributed by atoms with Crippen molar-refractivity contribution in [1.82, 2.24) is 0 Å². The Morgan fingerprint density at radius 2 is 1.79 bits per heavy atom. The van der Waals surface area contributed by atoms with E-state index in [9.17, 15) is 13.6 Å². The van der Waals surface area contributed by atoms with Crippen LogP contribution in [0.3, 0.4) is 0 Å². The summed E-state index contributed by atoms with van der Waals surface area (Å²) in [5.74, 6) is 0.954. The SMILES string of the molecule is COc1ccc(-c2cc(NC(=O)c3ccc(OCC4CCCO4)cc3)ccc2OC(F)F)cc1. The molecular formula is C26H25F2NO5. The van der Waals surface area contributed by atoms with Crippen molar-refractivity contribution in [2.75, 3.05) is 25.6 Å². The Hall–Kier alpha value is -3.65. The minimum Gasteiger partial charge on any atom is -0.497 e. The van der Waals surface area contributed by atoms with Crippen LogP contribution in [0.1, 0.15) is 23.2 Å². The molecular weight excluding hydrogens is 444 g/mol. The van der Waals surface area contributed by atoms with Gasteiger partial charge in [0, 0.05) is 23.4 Å². The molecule has 1 aliphatic rings. The molecule has 3 aromatic rings. The van der Waals surface area contributed by atoms with Crippen LogP contribution >= 0.6 is 0 Å². The fourth-order valence-corrected chi connectivity index (χ4v) is 3.67. The smallest absolute Gasteiger partial charge is 0.387 e. The Bertz CT molecular complexity index is 1100. The molecule has 1 N–H and O–H groups in total. The van der Waals surface area contributed by atoms with Gasteiger partial charge in [0.05, 0.1) is 13.2 Å². The minimum absolute atomic E-state index is 0.00547. The second-order valence-electron chi connectivity index (χ2n) is 7.74. The fraction of sp³-hybridized carbons (Fsp3) is 0.269. The van der Waals surface area contributed by atoms with E-state index in [1.54, 1.807) is 61.7 Å². The van der Waals surface area contributed by atoms with Crippen LogP contribution in [-0.2, 0) is 4.74 Å². The number of benzene rings is 3. The maximum absolute atomic E-state index is 12.9.